The molecule has 2 nitrogen and oxygen atoms in total. The predicted molar refractivity (Wildman–Crippen MR) is 75.5 cm³/mol. The Morgan fingerprint density at radius 2 is 2.05 bits per heavy atom. The van der Waals surface area contributed by atoms with E-state index in [9.17, 15) is 4.79 Å². The summed E-state index contributed by atoms with van der Waals surface area (Å²) in [6.07, 6.45) is 6.03. The Balaban J connectivity index is 1.79. The van der Waals surface area contributed by atoms with Crippen molar-refractivity contribution in [3.63, 3.8) is 0 Å². The van der Waals surface area contributed by atoms with Crippen LogP contribution in [-0.4, -0.2) is 11.9 Å². The van der Waals surface area contributed by atoms with Gasteiger partial charge in [-0.15, -0.1) is 0 Å². The van der Waals surface area contributed by atoms with Crippen LogP contribution in [0, 0.1) is 11.3 Å². The number of ketones is 1. The van der Waals surface area contributed by atoms with Crippen molar-refractivity contribution in [3.05, 3.63) is 29.8 Å². The van der Waals surface area contributed by atoms with Gasteiger partial charge in [-0.05, 0) is 43.2 Å². The van der Waals surface area contributed by atoms with Crippen molar-refractivity contribution in [1.82, 2.24) is 0 Å². The lowest BCUT2D eigenvalue weighted by Gasteiger charge is -2.25. The van der Waals surface area contributed by atoms with Gasteiger partial charge in [-0.25, -0.2) is 0 Å². The summed E-state index contributed by atoms with van der Waals surface area (Å²) in [5.74, 6) is 1.32. The van der Waals surface area contributed by atoms with Crippen LogP contribution in [0.3, 0.4) is 0 Å². The molecule has 1 unspecified atom stereocenters. The standard InChI is InChI=1S/C17H22O2/c1-17(2)10-4-7-15(17)16(18)12-5-3-6-14(11-12)19-13-8-9-13/h3,5-6,11,13,15H,4,7-10H2,1-2H3. The molecule has 0 aromatic heterocycles. The van der Waals surface area contributed by atoms with E-state index in [0.717, 1.165) is 37.0 Å². The van der Waals surface area contributed by atoms with Crippen LogP contribution in [0.4, 0.5) is 0 Å². The largest absolute Gasteiger partial charge is 0.490 e. The summed E-state index contributed by atoms with van der Waals surface area (Å²) < 4.78 is 5.78. The number of hydrogen-bond donors (Lipinski definition) is 0. The molecule has 1 aromatic carbocycles. The molecule has 0 heterocycles. The highest BCUT2D eigenvalue weighted by atomic mass is 16.5. The van der Waals surface area contributed by atoms with E-state index in [-0.39, 0.29) is 11.3 Å². The fourth-order valence-electron chi connectivity index (χ4n) is 3.11. The van der Waals surface area contributed by atoms with Gasteiger partial charge in [0.25, 0.3) is 0 Å². The number of hydrogen-bond acceptors (Lipinski definition) is 2. The highest BCUT2D eigenvalue weighted by Gasteiger charge is 2.39. The third-order valence-electron chi connectivity index (χ3n) is 4.52. The smallest absolute Gasteiger partial charge is 0.166 e. The Labute approximate surface area is 115 Å². The summed E-state index contributed by atoms with van der Waals surface area (Å²) in [6.45, 7) is 4.43. The predicted octanol–water partition coefficient (Wildman–Crippen LogP) is 4.24. The van der Waals surface area contributed by atoms with Gasteiger partial charge >= 0.3 is 0 Å². The second-order valence-electron chi connectivity index (χ2n) is 6.64. The number of benzene rings is 1. The summed E-state index contributed by atoms with van der Waals surface area (Å²) in [7, 11) is 0. The van der Waals surface area contributed by atoms with E-state index in [4.69, 9.17) is 4.74 Å². The molecule has 1 aromatic rings. The van der Waals surface area contributed by atoms with Crippen LogP contribution in [0.2, 0.25) is 0 Å². The minimum atomic E-state index is 0.143. The van der Waals surface area contributed by atoms with Gasteiger partial charge in [0.2, 0.25) is 0 Å². The second kappa shape index (κ2) is 4.66. The first-order valence-electron chi connectivity index (χ1n) is 7.37. The zero-order chi connectivity index (χ0) is 13.5. The molecule has 2 heteroatoms. The maximum atomic E-state index is 12.7. The summed E-state index contributed by atoms with van der Waals surface area (Å²) in [5.41, 5.74) is 0.961. The average molecular weight is 258 g/mol. The molecule has 0 aliphatic heterocycles. The second-order valence-corrected chi connectivity index (χ2v) is 6.64. The first-order chi connectivity index (χ1) is 9.06. The molecule has 0 N–H and O–H groups in total. The van der Waals surface area contributed by atoms with Gasteiger partial charge < -0.3 is 4.74 Å². The number of carbonyl (C=O) groups is 1. The van der Waals surface area contributed by atoms with Crippen LogP contribution in [0.1, 0.15) is 56.3 Å². The first kappa shape index (κ1) is 12.7. The van der Waals surface area contributed by atoms with Gasteiger partial charge in [0, 0.05) is 11.5 Å². The van der Waals surface area contributed by atoms with Crippen molar-refractivity contribution >= 4 is 5.78 Å². The number of rotatable bonds is 4. The van der Waals surface area contributed by atoms with Crippen molar-refractivity contribution in [2.45, 2.75) is 52.1 Å². The Bertz CT molecular complexity index is 486. The topological polar surface area (TPSA) is 26.3 Å². The summed E-state index contributed by atoms with van der Waals surface area (Å²) in [5, 5.41) is 0. The highest BCUT2D eigenvalue weighted by molar-refractivity contribution is 5.98. The van der Waals surface area contributed by atoms with E-state index in [0.29, 0.717) is 11.9 Å². The molecule has 19 heavy (non-hydrogen) atoms. The number of carbonyl (C=O) groups excluding carboxylic acids is 1. The summed E-state index contributed by atoms with van der Waals surface area (Å²) in [6, 6.07) is 7.74. The highest BCUT2D eigenvalue weighted by Crippen LogP contribution is 2.44. The summed E-state index contributed by atoms with van der Waals surface area (Å²) >= 11 is 0. The van der Waals surface area contributed by atoms with Crippen molar-refractivity contribution in [1.29, 1.82) is 0 Å². The van der Waals surface area contributed by atoms with E-state index >= 15 is 0 Å². The van der Waals surface area contributed by atoms with Crippen LogP contribution in [0.15, 0.2) is 24.3 Å². The molecule has 0 bridgehead atoms. The lowest BCUT2D eigenvalue weighted by atomic mass is 9.78. The molecule has 0 amide bonds. The molecule has 2 saturated carbocycles. The fraction of sp³-hybridized carbons (Fsp3) is 0.588. The average Bonchev–Trinajstić information content (AvgIpc) is 3.11. The van der Waals surface area contributed by atoms with Gasteiger partial charge in [-0.2, -0.15) is 0 Å². The maximum Gasteiger partial charge on any atom is 0.166 e. The van der Waals surface area contributed by atoms with Crippen LogP contribution < -0.4 is 4.74 Å². The molecule has 0 radical (unpaired) electrons. The molecule has 0 spiro atoms. The monoisotopic (exact) mass is 258 g/mol. The third kappa shape index (κ3) is 2.68. The van der Waals surface area contributed by atoms with Gasteiger partial charge in [0.15, 0.2) is 5.78 Å². The normalized spacial score (nSPS) is 25.3. The molecule has 2 aliphatic carbocycles. The molecule has 0 saturated heterocycles. The van der Waals surface area contributed by atoms with E-state index in [1.165, 1.54) is 6.42 Å². The molecule has 102 valence electrons. The van der Waals surface area contributed by atoms with E-state index < -0.39 is 0 Å². The Morgan fingerprint density at radius 3 is 2.68 bits per heavy atom. The molecule has 2 aliphatic rings. The number of Topliss-reactive ketones (excluding diaryl/α,β-unsaturated/α-hetero) is 1. The number of ether oxygens (including phenoxy) is 1. The van der Waals surface area contributed by atoms with Gasteiger partial charge in [-0.3, -0.25) is 4.79 Å². The SMILES string of the molecule is CC1(C)CCCC1C(=O)c1cccc(OC2CC2)c1. The van der Waals surface area contributed by atoms with Crippen molar-refractivity contribution in [2.75, 3.05) is 0 Å². The third-order valence-corrected chi connectivity index (χ3v) is 4.52. The Morgan fingerprint density at radius 1 is 1.26 bits per heavy atom. The molecule has 3 rings (SSSR count). The quantitative estimate of drug-likeness (QED) is 0.755. The molecule has 1 atom stereocenters. The van der Waals surface area contributed by atoms with E-state index in [1.54, 1.807) is 0 Å². The van der Waals surface area contributed by atoms with Gasteiger partial charge in [-0.1, -0.05) is 32.4 Å². The van der Waals surface area contributed by atoms with Gasteiger partial charge in [0.1, 0.15) is 5.75 Å². The van der Waals surface area contributed by atoms with Crippen molar-refractivity contribution < 1.29 is 9.53 Å². The minimum Gasteiger partial charge on any atom is -0.490 e. The van der Waals surface area contributed by atoms with E-state index in [2.05, 4.69) is 13.8 Å². The van der Waals surface area contributed by atoms with Crippen molar-refractivity contribution in [3.8, 4) is 5.75 Å². The maximum absolute atomic E-state index is 12.7. The lowest BCUT2D eigenvalue weighted by molar-refractivity contribution is 0.0838. The van der Waals surface area contributed by atoms with Crippen LogP contribution in [-0.2, 0) is 0 Å². The molecular weight excluding hydrogens is 236 g/mol. The first-order valence-corrected chi connectivity index (χ1v) is 7.37. The molecule has 2 fully saturated rings. The van der Waals surface area contributed by atoms with Crippen LogP contribution >= 0.6 is 0 Å². The zero-order valence-corrected chi connectivity index (χ0v) is 11.8. The Hall–Kier alpha value is -1.31. The fourth-order valence-corrected chi connectivity index (χ4v) is 3.11. The summed E-state index contributed by atoms with van der Waals surface area (Å²) in [4.78, 5) is 12.7. The minimum absolute atomic E-state index is 0.143. The lowest BCUT2D eigenvalue weighted by Crippen LogP contribution is -2.25. The van der Waals surface area contributed by atoms with E-state index in [1.807, 2.05) is 24.3 Å². The zero-order valence-electron chi connectivity index (χ0n) is 11.8. The van der Waals surface area contributed by atoms with Crippen LogP contribution in [0.5, 0.6) is 5.75 Å². The molecular formula is C17H22O2. The van der Waals surface area contributed by atoms with Gasteiger partial charge in [0.05, 0.1) is 6.10 Å². The van der Waals surface area contributed by atoms with Crippen LogP contribution in [0.25, 0.3) is 0 Å². The Kier molecular flexibility index (Phi) is 3.12. The van der Waals surface area contributed by atoms with Crippen molar-refractivity contribution in [2.24, 2.45) is 11.3 Å².